The van der Waals surface area contributed by atoms with Gasteiger partial charge in [-0.05, 0) is 71.2 Å². The van der Waals surface area contributed by atoms with E-state index in [9.17, 15) is 13.6 Å². The van der Waals surface area contributed by atoms with Gasteiger partial charge in [0.1, 0.15) is 0 Å². The molecular formula is C25H31F2NO3S. The highest BCUT2D eigenvalue weighted by molar-refractivity contribution is 7.16. The van der Waals surface area contributed by atoms with Gasteiger partial charge in [0.25, 0.3) is 5.92 Å². The topological polar surface area (TPSA) is 48.4 Å². The number of allylic oxidation sites excluding steroid dienone is 2. The zero-order valence-corrected chi connectivity index (χ0v) is 20.4. The average molecular weight is 464 g/mol. The largest absolute Gasteiger partial charge is 0.464 e. The molecule has 1 atom stereocenters. The third-order valence-electron chi connectivity index (χ3n) is 5.39. The van der Waals surface area contributed by atoms with Gasteiger partial charge in [-0.1, -0.05) is 5.57 Å². The number of esters is 1. The lowest BCUT2D eigenvalue weighted by molar-refractivity contribution is -0.166. The molecule has 174 valence electrons. The number of carbonyl (C=O) groups is 1. The van der Waals surface area contributed by atoms with Crippen molar-refractivity contribution < 1.29 is 23.0 Å². The van der Waals surface area contributed by atoms with Gasteiger partial charge in [-0.15, -0.1) is 11.3 Å². The molecule has 0 aromatic carbocycles. The minimum atomic E-state index is -2.71. The lowest BCUT2D eigenvalue weighted by atomic mass is 9.82. The van der Waals surface area contributed by atoms with Gasteiger partial charge in [-0.25, -0.2) is 13.6 Å². The molecule has 0 fully saturated rings. The zero-order valence-electron chi connectivity index (χ0n) is 19.6. The number of rotatable bonds is 6. The first-order valence-electron chi connectivity index (χ1n) is 10.9. The van der Waals surface area contributed by atoms with Crippen molar-refractivity contribution in [3.63, 3.8) is 0 Å². The van der Waals surface area contributed by atoms with E-state index in [0.717, 1.165) is 32.0 Å². The predicted octanol–water partition coefficient (Wildman–Crippen LogP) is 7.13. The monoisotopic (exact) mass is 463 g/mol. The first-order chi connectivity index (χ1) is 14.9. The number of hydrogen-bond acceptors (Lipinski definition) is 5. The summed E-state index contributed by atoms with van der Waals surface area (Å²) in [5.74, 6) is -3.18. The van der Waals surface area contributed by atoms with Crippen LogP contribution in [0.5, 0.6) is 0 Å². The number of halogens is 2. The summed E-state index contributed by atoms with van der Waals surface area (Å²) in [5.41, 5.74) is 3.39. The molecule has 0 radical (unpaired) electrons. The highest BCUT2D eigenvalue weighted by Crippen LogP contribution is 2.50. The van der Waals surface area contributed by atoms with E-state index in [1.807, 2.05) is 39.8 Å². The van der Waals surface area contributed by atoms with Gasteiger partial charge >= 0.3 is 5.97 Å². The van der Waals surface area contributed by atoms with E-state index in [2.05, 4.69) is 4.98 Å². The first-order valence-corrected chi connectivity index (χ1v) is 11.7. The second-order valence-electron chi connectivity index (χ2n) is 9.17. The number of alkyl halides is 2. The summed E-state index contributed by atoms with van der Waals surface area (Å²) in [6.07, 6.45) is 2.21. The van der Waals surface area contributed by atoms with Gasteiger partial charge in [0.15, 0.2) is 6.10 Å². The molecule has 4 nitrogen and oxygen atoms in total. The van der Waals surface area contributed by atoms with Gasteiger partial charge in [-0.2, -0.15) is 0 Å². The van der Waals surface area contributed by atoms with Gasteiger partial charge in [-0.3, -0.25) is 4.98 Å². The van der Waals surface area contributed by atoms with E-state index < -0.39 is 23.6 Å². The summed E-state index contributed by atoms with van der Waals surface area (Å²) in [4.78, 5) is 19.0. The Morgan fingerprint density at radius 2 is 1.91 bits per heavy atom. The van der Waals surface area contributed by atoms with Crippen LogP contribution in [0, 0.1) is 6.92 Å². The van der Waals surface area contributed by atoms with Crippen molar-refractivity contribution in [2.45, 2.75) is 78.4 Å². The fourth-order valence-corrected chi connectivity index (χ4v) is 5.33. The van der Waals surface area contributed by atoms with Crippen LogP contribution in [0.25, 0.3) is 16.0 Å². The summed E-state index contributed by atoms with van der Waals surface area (Å²) < 4.78 is 39.9. The molecule has 0 spiro atoms. The Kier molecular flexibility index (Phi) is 7.20. The van der Waals surface area contributed by atoms with Crippen molar-refractivity contribution in [2.75, 3.05) is 6.61 Å². The number of aryl methyl sites for hydroxylation is 1. The Hall–Kier alpha value is -2.12. The van der Waals surface area contributed by atoms with Gasteiger partial charge < -0.3 is 9.47 Å². The van der Waals surface area contributed by atoms with Crippen molar-refractivity contribution in [1.82, 2.24) is 4.98 Å². The molecule has 1 aliphatic rings. The van der Waals surface area contributed by atoms with Crippen LogP contribution in [-0.2, 0) is 14.3 Å². The number of nitrogens with zero attached hydrogens (tertiary/aromatic N) is 1. The van der Waals surface area contributed by atoms with Crippen molar-refractivity contribution in [2.24, 2.45) is 0 Å². The van der Waals surface area contributed by atoms with Crippen LogP contribution in [0.3, 0.4) is 0 Å². The zero-order chi connectivity index (χ0) is 23.7. The van der Waals surface area contributed by atoms with Crippen LogP contribution in [0.1, 0.15) is 76.0 Å². The maximum Gasteiger partial charge on any atom is 0.340 e. The Morgan fingerprint density at radius 1 is 1.25 bits per heavy atom. The quantitative estimate of drug-likeness (QED) is 0.428. The molecule has 0 amide bonds. The lowest BCUT2D eigenvalue weighted by Gasteiger charge is -2.30. The minimum absolute atomic E-state index is 0.214. The first kappa shape index (κ1) is 24.5. The van der Waals surface area contributed by atoms with Gasteiger partial charge in [0.05, 0.1) is 12.2 Å². The van der Waals surface area contributed by atoms with Crippen LogP contribution in [0.4, 0.5) is 8.78 Å². The summed E-state index contributed by atoms with van der Waals surface area (Å²) in [7, 11) is 0. The molecule has 0 bridgehead atoms. The molecule has 2 aromatic heterocycles. The van der Waals surface area contributed by atoms with Gasteiger partial charge in [0, 0.05) is 46.1 Å². The second-order valence-corrected chi connectivity index (χ2v) is 10.4. The third kappa shape index (κ3) is 5.44. The summed E-state index contributed by atoms with van der Waals surface area (Å²) >= 11 is 1.54. The maximum atomic E-state index is 14.1. The SMILES string of the molecule is CCOC(=O)C(OC(C)(C)C)c1c(C)sc(-c2ccncc2)c1C1=C(C)CC(F)(F)CC1. The van der Waals surface area contributed by atoms with E-state index in [1.54, 1.807) is 37.6 Å². The molecule has 0 N–H and O–H groups in total. The van der Waals surface area contributed by atoms with E-state index in [0.29, 0.717) is 5.57 Å². The molecule has 2 heterocycles. The Balaban J connectivity index is 2.28. The molecule has 2 aromatic rings. The predicted molar refractivity (Wildman–Crippen MR) is 124 cm³/mol. The van der Waals surface area contributed by atoms with Crippen molar-refractivity contribution >= 4 is 22.9 Å². The standard InChI is InChI=1S/C25H31F2NO3S/c1-7-30-23(29)21(31-24(4,5)6)19-16(3)32-22(17-9-12-28-13-10-17)20(19)18-8-11-25(26,27)14-15(18)2/h9-10,12-13,21H,7-8,11,14H2,1-6H3. The van der Waals surface area contributed by atoms with Crippen LogP contribution in [0.2, 0.25) is 0 Å². The van der Waals surface area contributed by atoms with Crippen LogP contribution < -0.4 is 0 Å². The molecular weight excluding hydrogens is 432 g/mol. The molecule has 32 heavy (non-hydrogen) atoms. The van der Waals surface area contributed by atoms with E-state index in [4.69, 9.17) is 9.47 Å². The van der Waals surface area contributed by atoms with Crippen LogP contribution in [-0.4, -0.2) is 29.1 Å². The summed E-state index contributed by atoms with van der Waals surface area (Å²) in [5, 5.41) is 0. The normalized spacial score (nSPS) is 17.4. The summed E-state index contributed by atoms with van der Waals surface area (Å²) in [6, 6.07) is 3.80. The Morgan fingerprint density at radius 3 is 2.47 bits per heavy atom. The van der Waals surface area contributed by atoms with Crippen molar-refractivity contribution in [1.29, 1.82) is 0 Å². The maximum absolute atomic E-state index is 14.1. The Labute approximate surface area is 192 Å². The molecule has 0 saturated carbocycles. The second kappa shape index (κ2) is 9.40. The van der Waals surface area contributed by atoms with Crippen LogP contribution >= 0.6 is 11.3 Å². The van der Waals surface area contributed by atoms with Crippen molar-refractivity contribution in [3.05, 3.63) is 46.1 Å². The molecule has 0 saturated heterocycles. The molecule has 3 rings (SSSR count). The van der Waals surface area contributed by atoms with Crippen molar-refractivity contribution in [3.8, 4) is 10.4 Å². The van der Waals surface area contributed by atoms with E-state index >= 15 is 0 Å². The highest BCUT2D eigenvalue weighted by atomic mass is 32.1. The van der Waals surface area contributed by atoms with Crippen LogP contribution in [0.15, 0.2) is 30.1 Å². The number of thiophene rings is 1. The smallest absolute Gasteiger partial charge is 0.340 e. The third-order valence-corrected chi connectivity index (χ3v) is 6.56. The fraction of sp³-hybridized carbons (Fsp3) is 0.520. The van der Waals surface area contributed by atoms with E-state index in [1.165, 1.54) is 0 Å². The lowest BCUT2D eigenvalue weighted by Crippen LogP contribution is -2.29. The van der Waals surface area contributed by atoms with Gasteiger partial charge in [0.2, 0.25) is 0 Å². The van der Waals surface area contributed by atoms with E-state index in [-0.39, 0.29) is 25.9 Å². The molecule has 1 unspecified atom stereocenters. The number of hydrogen-bond donors (Lipinski definition) is 0. The number of aromatic nitrogens is 1. The summed E-state index contributed by atoms with van der Waals surface area (Å²) in [6.45, 7) is 11.3. The average Bonchev–Trinajstić information content (AvgIpc) is 3.02. The fourth-order valence-electron chi connectivity index (χ4n) is 4.12. The highest BCUT2D eigenvalue weighted by Gasteiger charge is 2.39. The number of ether oxygens (including phenoxy) is 2. The molecule has 1 aliphatic carbocycles. The Bertz CT molecular complexity index is 1010. The minimum Gasteiger partial charge on any atom is -0.464 e. The number of carbonyl (C=O) groups excluding carboxylic acids is 1. The number of pyridine rings is 1. The molecule has 0 aliphatic heterocycles. The molecule has 7 heteroatoms.